The molecule has 2 saturated heterocycles. The maximum Gasteiger partial charge on any atom is 0.233 e. The van der Waals surface area contributed by atoms with Gasteiger partial charge < -0.3 is 15.0 Å². The Labute approximate surface area is 155 Å². The maximum absolute atomic E-state index is 12.4. The zero-order valence-corrected chi connectivity index (χ0v) is 16.0. The number of ether oxygens (including phenoxy) is 1. The number of likely N-dealkylation sites (tertiary alicyclic amines) is 1. The molecule has 2 aliphatic heterocycles. The first kappa shape index (κ1) is 19.3. The number of nitrogens with zero attached hydrogens (tertiary/aromatic N) is 1. The molecule has 0 aromatic rings. The van der Waals surface area contributed by atoms with Gasteiger partial charge >= 0.3 is 0 Å². The summed E-state index contributed by atoms with van der Waals surface area (Å²) < 4.78 is 5.40. The third-order valence-electron chi connectivity index (χ3n) is 6.28. The highest BCUT2D eigenvalue weighted by atomic mass is 16.5. The Bertz CT molecular complexity index is 533. The molecule has 3 amide bonds. The summed E-state index contributed by atoms with van der Waals surface area (Å²) in [4.78, 5) is 39.9. The quantitative estimate of drug-likeness (QED) is 0.613. The van der Waals surface area contributed by atoms with Crippen molar-refractivity contribution in [3.05, 3.63) is 0 Å². The number of morpholine rings is 1. The molecule has 1 saturated carbocycles. The summed E-state index contributed by atoms with van der Waals surface area (Å²) in [6.07, 6.45) is 3.86. The molecule has 2 N–H and O–H groups in total. The van der Waals surface area contributed by atoms with E-state index >= 15 is 0 Å². The molecular weight excluding hydrogens is 334 g/mol. The van der Waals surface area contributed by atoms with Gasteiger partial charge in [-0.25, -0.2) is 0 Å². The van der Waals surface area contributed by atoms with Gasteiger partial charge in [-0.15, -0.1) is 0 Å². The van der Waals surface area contributed by atoms with Crippen LogP contribution in [0.15, 0.2) is 0 Å². The Morgan fingerprint density at radius 3 is 2.31 bits per heavy atom. The van der Waals surface area contributed by atoms with Crippen LogP contribution in [0.3, 0.4) is 0 Å². The van der Waals surface area contributed by atoms with E-state index in [2.05, 4.69) is 19.2 Å². The van der Waals surface area contributed by atoms with Crippen LogP contribution >= 0.6 is 0 Å². The van der Waals surface area contributed by atoms with Gasteiger partial charge in [-0.1, -0.05) is 12.8 Å². The molecule has 26 heavy (non-hydrogen) atoms. The minimum Gasteiger partial charge on any atom is -0.370 e. The predicted molar refractivity (Wildman–Crippen MR) is 95.4 cm³/mol. The fraction of sp³-hybridized carbons (Fsp3) is 0.842. The molecule has 1 aliphatic carbocycles. The molecular formula is C19H32N3O4+. The van der Waals surface area contributed by atoms with Crippen LogP contribution in [-0.4, -0.2) is 67.6 Å². The monoisotopic (exact) mass is 366 g/mol. The summed E-state index contributed by atoms with van der Waals surface area (Å²) in [6.45, 7) is 8.49. The van der Waals surface area contributed by atoms with E-state index in [0.29, 0.717) is 6.54 Å². The predicted octanol–water partition coefficient (Wildman–Crippen LogP) is -0.638. The zero-order chi connectivity index (χ0) is 18.7. The molecule has 2 atom stereocenters. The molecule has 0 bridgehead atoms. The first-order valence-corrected chi connectivity index (χ1v) is 9.95. The largest absolute Gasteiger partial charge is 0.370 e. The lowest BCUT2D eigenvalue weighted by Gasteiger charge is -2.37. The third-order valence-corrected chi connectivity index (χ3v) is 6.28. The van der Waals surface area contributed by atoms with Crippen LogP contribution < -0.4 is 10.2 Å². The number of carbonyl (C=O) groups excluding carboxylic acids is 3. The smallest absolute Gasteiger partial charge is 0.233 e. The molecule has 7 heteroatoms. The molecule has 3 rings (SSSR count). The highest BCUT2D eigenvalue weighted by Crippen LogP contribution is 2.37. The second kappa shape index (κ2) is 8.05. The summed E-state index contributed by atoms with van der Waals surface area (Å²) in [7, 11) is 0. The van der Waals surface area contributed by atoms with Crippen molar-refractivity contribution in [3.8, 4) is 0 Å². The van der Waals surface area contributed by atoms with Gasteiger partial charge in [-0.3, -0.25) is 19.3 Å². The first-order chi connectivity index (χ1) is 12.4. The Hall–Kier alpha value is -1.47. The maximum atomic E-state index is 12.4. The summed E-state index contributed by atoms with van der Waals surface area (Å²) in [5.74, 6) is -0.497. The lowest BCUT2D eigenvalue weighted by Crippen LogP contribution is -3.22. The van der Waals surface area contributed by atoms with Crippen LogP contribution in [0.1, 0.15) is 46.0 Å². The zero-order valence-electron chi connectivity index (χ0n) is 16.0. The van der Waals surface area contributed by atoms with Gasteiger partial charge in [0.25, 0.3) is 0 Å². The van der Waals surface area contributed by atoms with Crippen LogP contribution in [0.5, 0.6) is 0 Å². The number of fused-ring (bicyclic) bond motifs is 1. The van der Waals surface area contributed by atoms with Crippen molar-refractivity contribution in [3.63, 3.8) is 0 Å². The van der Waals surface area contributed by atoms with Crippen molar-refractivity contribution in [1.29, 1.82) is 0 Å². The number of quaternary nitrogens is 1. The van der Waals surface area contributed by atoms with Crippen LogP contribution in [-0.2, 0) is 19.1 Å². The minimum absolute atomic E-state index is 0.0618. The number of nitrogens with one attached hydrogen (secondary N) is 2. The minimum atomic E-state index is -0.136. The van der Waals surface area contributed by atoms with Crippen LogP contribution in [0.25, 0.3) is 0 Å². The second-order valence-electron chi connectivity index (χ2n) is 8.45. The molecule has 0 radical (unpaired) electrons. The van der Waals surface area contributed by atoms with Crippen molar-refractivity contribution in [1.82, 2.24) is 10.2 Å². The first-order valence-electron chi connectivity index (χ1n) is 9.95. The van der Waals surface area contributed by atoms with Crippen LogP contribution in [0, 0.1) is 11.8 Å². The number of rotatable bonds is 6. The van der Waals surface area contributed by atoms with Crippen molar-refractivity contribution >= 4 is 17.7 Å². The fourth-order valence-electron chi connectivity index (χ4n) is 4.49. The summed E-state index contributed by atoms with van der Waals surface area (Å²) in [5, 5.41) is 2.99. The Morgan fingerprint density at radius 2 is 1.73 bits per heavy atom. The van der Waals surface area contributed by atoms with E-state index < -0.39 is 0 Å². The average molecular weight is 366 g/mol. The molecule has 7 nitrogen and oxygen atoms in total. The Kier molecular flexibility index (Phi) is 5.97. The highest BCUT2D eigenvalue weighted by molar-refractivity contribution is 6.05. The van der Waals surface area contributed by atoms with Crippen molar-refractivity contribution in [2.75, 3.05) is 39.4 Å². The average Bonchev–Trinajstić information content (AvgIpc) is 2.90. The second-order valence-corrected chi connectivity index (χ2v) is 8.45. The number of imide groups is 1. The van der Waals surface area contributed by atoms with E-state index in [9.17, 15) is 14.4 Å². The molecule has 3 fully saturated rings. The van der Waals surface area contributed by atoms with Crippen molar-refractivity contribution in [2.24, 2.45) is 11.8 Å². The van der Waals surface area contributed by atoms with Crippen molar-refractivity contribution in [2.45, 2.75) is 51.5 Å². The SMILES string of the molecule is CC(C)(CNC(=O)CCN1C(=O)[C@H]2CCCC[C@H]2C1=O)[NH+]1CCOCC1. The van der Waals surface area contributed by atoms with E-state index in [-0.39, 0.29) is 48.1 Å². The van der Waals surface area contributed by atoms with Gasteiger partial charge in [0, 0.05) is 13.0 Å². The molecule has 146 valence electrons. The fourth-order valence-corrected chi connectivity index (χ4v) is 4.49. The standard InChI is InChI=1S/C19H31N3O4/c1-19(2,21-9-11-26-12-10-21)13-20-16(23)7-8-22-17(24)14-5-3-4-6-15(14)18(22)25/h14-15H,3-13H2,1-2H3,(H,20,23)/p+1/t14-,15+. The van der Waals surface area contributed by atoms with Gasteiger partial charge in [-0.2, -0.15) is 0 Å². The molecule has 2 heterocycles. The van der Waals surface area contributed by atoms with Crippen molar-refractivity contribution < 1.29 is 24.0 Å². The number of carbonyl (C=O) groups is 3. The molecule has 3 aliphatic rings. The topological polar surface area (TPSA) is 80.2 Å². The summed E-state index contributed by atoms with van der Waals surface area (Å²) in [6, 6.07) is 0. The summed E-state index contributed by atoms with van der Waals surface area (Å²) >= 11 is 0. The van der Waals surface area contributed by atoms with Gasteiger partial charge in [0.2, 0.25) is 17.7 Å². The van der Waals surface area contributed by atoms with Gasteiger partial charge in [-0.05, 0) is 26.7 Å². The number of hydrogen-bond acceptors (Lipinski definition) is 4. The number of amides is 3. The molecule has 0 unspecified atom stereocenters. The third kappa shape index (κ3) is 4.09. The normalized spacial score (nSPS) is 27.5. The molecule has 0 aromatic heterocycles. The lowest BCUT2D eigenvalue weighted by molar-refractivity contribution is -0.954. The van der Waals surface area contributed by atoms with Gasteiger partial charge in [0.15, 0.2) is 0 Å². The Balaban J connectivity index is 1.45. The molecule has 0 aromatic carbocycles. The van der Waals surface area contributed by atoms with Gasteiger partial charge in [0.1, 0.15) is 18.6 Å². The van der Waals surface area contributed by atoms with Crippen LogP contribution in [0.2, 0.25) is 0 Å². The highest BCUT2D eigenvalue weighted by Gasteiger charge is 2.47. The van der Waals surface area contributed by atoms with E-state index in [4.69, 9.17) is 4.74 Å². The Morgan fingerprint density at radius 1 is 1.15 bits per heavy atom. The van der Waals surface area contributed by atoms with Gasteiger partial charge in [0.05, 0.1) is 31.6 Å². The van der Waals surface area contributed by atoms with E-state index in [1.54, 1.807) is 0 Å². The molecule has 0 spiro atoms. The summed E-state index contributed by atoms with van der Waals surface area (Å²) in [5.41, 5.74) is -0.0618. The van der Waals surface area contributed by atoms with E-state index in [1.807, 2.05) is 0 Å². The van der Waals surface area contributed by atoms with E-state index in [1.165, 1.54) is 9.80 Å². The van der Waals surface area contributed by atoms with E-state index in [0.717, 1.165) is 52.0 Å². The van der Waals surface area contributed by atoms with Crippen LogP contribution in [0.4, 0.5) is 0 Å². The lowest BCUT2D eigenvalue weighted by atomic mass is 9.81. The number of hydrogen-bond donors (Lipinski definition) is 2.